The van der Waals surface area contributed by atoms with Gasteiger partial charge in [0, 0.05) is 10.9 Å². The van der Waals surface area contributed by atoms with Crippen LogP contribution in [0.25, 0.3) is 20.7 Å². The average Bonchev–Trinajstić information content (AvgIpc) is 3.08. The lowest BCUT2D eigenvalue weighted by Crippen LogP contribution is -2.38. The van der Waals surface area contributed by atoms with E-state index in [-0.39, 0.29) is 10.2 Å². The zero-order chi connectivity index (χ0) is 23.9. The first-order chi connectivity index (χ1) is 15.5. The number of fused-ring (bicyclic) bond motifs is 1. The van der Waals surface area contributed by atoms with Crippen molar-refractivity contribution in [1.82, 2.24) is 9.55 Å². The van der Waals surface area contributed by atoms with E-state index in [0.717, 1.165) is 15.9 Å². The Morgan fingerprint density at radius 1 is 1.12 bits per heavy atom. The summed E-state index contributed by atoms with van der Waals surface area (Å²) in [5, 5.41) is 9.52. The number of thiophene rings is 1. The normalized spacial score (nSPS) is 12.8. The molecular formula is C22H16F4N2O4S. The number of nitrogens with one attached hydrogen (secondary N) is 1. The lowest BCUT2D eigenvalue weighted by Gasteiger charge is -2.15. The van der Waals surface area contributed by atoms with Crippen LogP contribution in [0.5, 0.6) is 11.5 Å². The summed E-state index contributed by atoms with van der Waals surface area (Å²) in [6.07, 6.45) is -7.69. The number of H-pyrrole nitrogens is 1. The van der Waals surface area contributed by atoms with Crippen LogP contribution in [-0.4, -0.2) is 26.9 Å². The first-order valence-corrected chi connectivity index (χ1v) is 10.4. The van der Waals surface area contributed by atoms with Crippen LogP contribution in [0.3, 0.4) is 0 Å². The van der Waals surface area contributed by atoms with Crippen LogP contribution in [0.1, 0.15) is 5.56 Å². The summed E-state index contributed by atoms with van der Waals surface area (Å²) in [6, 6.07) is 12.2. The van der Waals surface area contributed by atoms with Gasteiger partial charge in [0.1, 0.15) is 22.1 Å². The molecule has 0 amide bonds. The highest BCUT2D eigenvalue weighted by Gasteiger charge is 2.39. The van der Waals surface area contributed by atoms with Crippen LogP contribution in [0.15, 0.2) is 58.1 Å². The van der Waals surface area contributed by atoms with Gasteiger partial charge in [-0.05, 0) is 54.4 Å². The molecule has 0 aliphatic carbocycles. The number of benzene rings is 2. The van der Waals surface area contributed by atoms with Crippen molar-refractivity contribution < 1.29 is 27.4 Å². The van der Waals surface area contributed by atoms with E-state index in [0.29, 0.717) is 27.5 Å². The summed E-state index contributed by atoms with van der Waals surface area (Å²) in [6.45, 7) is 0.574. The van der Waals surface area contributed by atoms with E-state index in [9.17, 15) is 32.3 Å². The van der Waals surface area contributed by atoms with Crippen molar-refractivity contribution >= 4 is 21.6 Å². The van der Waals surface area contributed by atoms with Gasteiger partial charge in [0.2, 0.25) is 0 Å². The second kappa shape index (κ2) is 8.49. The minimum absolute atomic E-state index is 0.0274. The van der Waals surface area contributed by atoms with Gasteiger partial charge in [0.15, 0.2) is 6.10 Å². The number of aromatic amines is 1. The lowest BCUT2D eigenvalue weighted by atomic mass is 10.1. The molecule has 0 radical (unpaired) electrons. The highest BCUT2D eigenvalue weighted by atomic mass is 32.1. The third-order valence-electron chi connectivity index (χ3n) is 4.95. The molecule has 33 heavy (non-hydrogen) atoms. The Labute approximate surface area is 187 Å². The molecule has 0 fully saturated rings. The van der Waals surface area contributed by atoms with E-state index in [1.807, 2.05) is 4.98 Å². The molecule has 4 rings (SSSR count). The molecule has 11 heteroatoms. The lowest BCUT2D eigenvalue weighted by molar-refractivity contribution is -0.207. The van der Waals surface area contributed by atoms with Gasteiger partial charge < -0.3 is 9.84 Å². The maximum absolute atomic E-state index is 13.3. The Morgan fingerprint density at radius 3 is 2.45 bits per heavy atom. The van der Waals surface area contributed by atoms with E-state index in [2.05, 4.69) is 0 Å². The fourth-order valence-corrected chi connectivity index (χ4v) is 4.65. The van der Waals surface area contributed by atoms with Crippen molar-refractivity contribution in [3.8, 4) is 21.9 Å². The molecule has 0 saturated heterocycles. The van der Waals surface area contributed by atoms with Crippen LogP contribution in [0.2, 0.25) is 0 Å². The molecule has 2 N–H and O–H groups in total. The van der Waals surface area contributed by atoms with E-state index < -0.39 is 35.9 Å². The van der Waals surface area contributed by atoms with Gasteiger partial charge in [-0.2, -0.15) is 13.2 Å². The number of halogens is 4. The van der Waals surface area contributed by atoms with Crippen LogP contribution in [0, 0.1) is 12.7 Å². The van der Waals surface area contributed by atoms with Crippen LogP contribution in [0.4, 0.5) is 17.6 Å². The first kappa shape index (κ1) is 22.7. The predicted octanol–water partition coefficient (Wildman–Crippen LogP) is 4.58. The highest BCUT2D eigenvalue weighted by Crippen LogP contribution is 2.37. The number of aryl methyl sites for hydroxylation is 1. The Kier molecular flexibility index (Phi) is 5.85. The monoisotopic (exact) mass is 480 g/mol. The van der Waals surface area contributed by atoms with E-state index >= 15 is 0 Å². The molecule has 0 aliphatic rings. The number of aliphatic hydroxyl groups is 1. The molecule has 0 spiro atoms. The van der Waals surface area contributed by atoms with Gasteiger partial charge in [-0.3, -0.25) is 14.3 Å². The molecule has 172 valence electrons. The van der Waals surface area contributed by atoms with Crippen LogP contribution in [-0.2, 0) is 6.54 Å². The number of rotatable bonds is 5. The molecule has 2 aromatic heterocycles. The summed E-state index contributed by atoms with van der Waals surface area (Å²) in [4.78, 5) is 27.2. The van der Waals surface area contributed by atoms with Crippen molar-refractivity contribution in [2.75, 3.05) is 0 Å². The van der Waals surface area contributed by atoms with Crippen molar-refractivity contribution in [3.63, 3.8) is 0 Å². The van der Waals surface area contributed by atoms with E-state index in [1.54, 1.807) is 37.3 Å². The summed E-state index contributed by atoms with van der Waals surface area (Å²) < 4.78 is 58.2. The minimum atomic E-state index is -4.92. The maximum Gasteiger partial charge on any atom is 0.416 e. The molecular weight excluding hydrogens is 464 g/mol. The molecule has 0 saturated carbocycles. The molecule has 1 atom stereocenters. The third-order valence-corrected chi connectivity index (χ3v) is 6.31. The summed E-state index contributed by atoms with van der Waals surface area (Å²) >= 11 is 0.970. The first-order valence-electron chi connectivity index (χ1n) is 9.59. The van der Waals surface area contributed by atoms with Gasteiger partial charge in [-0.15, -0.1) is 11.3 Å². The van der Waals surface area contributed by atoms with Crippen molar-refractivity contribution in [3.05, 3.63) is 80.7 Å². The number of hydrogen-bond donors (Lipinski definition) is 2. The zero-order valence-electron chi connectivity index (χ0n) is 16.9. The maximum atomic E-state index is 13.3. The quantitative estimate of drug-likeness (QED) is 0.410. The average molecular weight is 480 g/mol. The summed E-state index contributed by atoms with van der Waals surface area (Å²) in [7, 11) is 0. The number of ether oxygens (including phenoxy) is 1. The molecule has 1 unspecified atom stereocenters. The minimum Gasteiger partial charge on any atom is -0.457 e. The summed E-state index contributed by atoms with van der Waals surface area (Å²) in [5.74, 6) is 0.280. The van der Waals surface area contributed by atoms with E-state index in [1.165, 1.54) is 18.2 Å². The Hall–Kier alpha value is -3.44. The Bertz CT molecular complexity index is 1440. The van der Waals surface area contributed by atoms with Gasteiger partial charge in [0.05, 0.1) is 11.9 Å². The molecule has 4 aromatic rings. The van der Waals surface area contributed by atoms with Crippen molar-refractivity contribution in [1.29, 1.82) is 0 Å². The summed E-state index contributed by atoms with van der Waals surface area (Å²) in [5.41, 5.74) is -0.651. The van der Waals surface area contributed by atoms with Crippen LogP contribution >= 0.6 is 11.3 Å². The number of nitrogens with zero attached hydrogens (tertiary/aromatic N) is 1. The highest BCUT2D eigenvalue weighted by molar-refractivity contribution is 7.22. The van der Waals surface area contributed by atoms with Gasteiger partial charge >= 0.3 is 11.9 Å². The van der Waals surface area contributed by atoms with Gasteiger partial charge in [-0.25, -0.2) is 9.18 Å². The Balaban J connectivity index is 1.73. The zero-order valence-corrected chi connectivity index (χ0v) is 17.8. The van der Waals surface area contributed by atoms with Crippen molar-refractivity contribution in [2.45, 2.75) is 25.7 Å². The molecule has 0 bridgehead atoms. The topological polar surface area (TPSA) is 84.3 Å². The van der Waals surface area contributed by atoms with Crippen LogP contribution < -0.4 is 16.0 Å². The molecule has 6 nitrogen and oxygen atoms in total. The fraction of sp³-hybridized carbons (Fsp3) is 0.182. The smallest absolute Gasteiger partial charge is 0.416 e. The third kappa shape index (κ3) is 4.55. The second-order valence-corrected chi connectivity index (χ2v) is 8.25. The molecule has 0 aliphatic heterocycles. The van der Waals surface area contributed by atoms with Gasteiger partial charge in [-0.1, -0.05) is 6.07 Å². The molecule has 2 aromatic carbocycles. The number of hydrogen-bond acceptors (Lipinski definition) is 5. The standard InChI is InChI=1S/C22H16F4N2O4S/c1-11-17-19(30)27-21(31)28(10-16(29)22(24,25)26)20(17)33-18(11)12-5-7-14(8-6-12)32-15-4-2-3-13(23)9-15/h2-9,16,29H,10H2,1H3,(H,27,30,31). The number of aromatic nitrogens is 2. The molecule has 2 heterocycles. The SMILES string of the molecule is Cc1c(-c2ccc(Oc3cccc(F)c3)cc2)sc2c1c(=O)[nH]c(=O)n2CC(O)C(F)(F)F. The van der Waals surface area contributed by atoms with Crippen molar-refractivity contribution in [2.24, 2.45) is 0 Å². The fourth-order valence-electron chi connectivity index (χ4n) is 3.33. The van der Waals surface area contributed by atoms with E-state index in [4.69, 9.17) is 4.74 Å². The largest absolute Gasteiger partial charge is 0.457 e. The number of alkyl halides is 3. The Morgan fingerprint density at radius 2 is 1.82 bits per heavy atom. The number of aliphatic hydroxyl groups excluding tert-OH is 1. The predicted molar refractivity (Wildman–Crippen MR) is 115 cm³/mol. The van der Waals surface area contributed by atoms with Gasteiger partial charge in [0.25, 0.3) is 5.56 Å². The second-order valence-electron chi connectivity index (χ2n) is 7.25.